The van der Waals surface area contributed by atoms with Crippen LogP contribution in [0, 0.1) is 0 Å². The first kappa shape index (κ1) is 13.5. The first-order valence-corrected chi connectivity index (χ1v) is 7.22. The number of aromatic nitrogens is 1. The van der Waals surface area contributed by atoms with Crippen LogP contribution in [0.5, 0.6) is 0 Å². The van der Waals surface area contributed by atoms with E-state index in [0.717, 1.165) is 25.1 Å². The van der Waals surface area contributed by atoms with Gasteiger partial charge in [0.25, 0.3) is 0 Å². The van der Waals surface area contributed by atoms with Gasteiger partial charge in [0.2, 0.25) is 5.91 Å². The van der Waals surface area contributed by atoms with E-state index in [4.69, 9.17) is 0 Å². The van der Waals surface area contributed by atoms with Crippen molar-refractivity contribution in [2.24, 2.45) is 0 Å². The van der Waals surface area contributed by atoms with E-state index in [0.29, 0.717) is 5.13 Å². The normalized spacial score (nSPS) is 24.2. The lowest BCUT2D eigenvalue weighted by molar-refractivity contribution is -0.121. The van der Waals surface area contributed by atoms with Crippen LogP contribution in [0.15, 0.2) is 5.38 Å². The minimum Gasteiger partial charge on any atom is -0.304 e. The van der Waals surface area contributed by atoms with Gasteiger partial charge in [-0.1, -0.05) is 20.8 Å². The molecule has 0 aromatic carbocycles. The van der Waals surface area contributed by atoms with Crippen LogP contribution < -0.4 is 10.6 Å². The van der Waals surface area contributed by atoms with Crippen molar-refractivity contribution in [3.8, 4) is 0 Å². The van der Waals surface area contributed by atoms with Crippen LogP contribution in [0.25, 0.3) is 0 Å². The van der Waals surface area contributed by atoms with Gasteiger partial charge in [0, 0.05) is 10.8 Å². The number of nitrogens with one attached hydrogen (secondary N) is 2. The molecule has 2 heterocycles. The van der Waals surface area contributed by atoms with Gasteiger partial charge in [-0.25, -0.2) is 4.98 Å². The molecule has 0 spiro atoms. The molecule has 0 saturated carbocycles. The molecule has 2 rings (SSSR count). The molecule has 5 heteroatoms. The number of hydrogen-bond donors (Lipinski definition) is 2. The fourth-order valence-corrected chi connectivity index (χ4v) is 2.93. The molecule has 0 aliphatic carbocycles. The van der Waals surface area contributed by atoms with Crippen LogP contribution >= 0.6 is 11.3 Å². The highest BCUT2D eigenvalue weighted by Crippen LogP contribution is 2.27. The van der Waals surface area contributed by atoms with Gasteiger partial charge < -0.3 is 10.6 Å². The van der Waals surface area contributed by atoms with Gasteiger partial charge in [-0.15, -0.1) is 11.3 Å². The van der Waals surface area contributed by atoms with Crippen molar-refractivity contribution < 1.29 is 4.79 Å². The number of hydrogen-bond acceptors (Lipinski definition) is 4. The van der Waals surface area contributed by atoms with E-state index in [2.05, 4.69) is 36.4 Å². The molecule has 1 aliphatic heterocycles. The molecule has 1 unspecified atom stereocenters. The number of rotatable bonds is 2. The molecule has 1 saturated heterocycles. The van der Waals surface area contributed by atoms with E-state index >= 15 is 0 Å². The highest BCUT2D eigenvalue weighted by molar-refractivity contribution is 7.14. The maximum Gasteiger partial charge on any atom is 0.246 e. The van der Waals surface area contributed by atoms with Crippen LogP contribution in [0.1, 0.15) is 46.2 Å². The second-order valence-electron chi connectivity index (χ2n) is 6.10. The third-order valence-electron chi connectivity index (χ3n) is 3.36. The molecule has 1 atom stereocenters. The van der Waals surface area contributed by atoms with Crippen LogP contribution in [-0.2, 0) is 10.2 Å². The fraction of sp³-hybridized carbons (Fsp3) is 0.692. The zero-order valence-electron chi connectivity index (χ0n) is 11.5. The summed E-state index contributed by atoms with van der Waals surface area (Å²) in [6.07, 6.45) is 1.94. The molecule has 100 valence electrons. The van der Waals surface area contributed by atoms with Crippen molar-refractivity contribution in [2.45, 2.75) is 51.5 Å². The summed E-state index contributed by atoms with van der Waals surface area (Å²) >= 11 is 1.49. The molecule has 2 N–H and O–H groups in total. The standard InChI is InChI=1S/C13H21N3OS/c1-12(2,3)9-8-18-11(15-9)16-10(17)13(4)6-5-7-14-13/h8,14H,5-7H2,1-4H3,(H,15,16,17). The molecule has 1 amide bonds. The van der Waals surface area contributed by atoms with Gasteiger partial charge in [0.1, 0.15) is 0 Å². The minimum absolute atomic E-state index is 0.0228. The smallest absolute Gasteiger partial charge is 0.246 e. The van der Waals surface area contributed by atoms with Crippen molar-refractivity contribution in [1.29, 1.82) is 0 Å². The van der Waals surface area contributed by atoms with E-state index in [1.54, 1.807) is 0 Å². The fourth-order valence-electron chi connectivity index (χ4n) is 2.00. The summed E-state index contributed by atoms with van der Waals surface area (Å²) in [5, 5.41) is 8.89. The minimum atomic E-state index is -0.437. The van der Waals surface area contributed by atoms with Crippen molar-refractivity contribution in [3.63, 3.8) is 0 Å². The summed E-state index contributed by atoms with van der Waals surface area (Å²) in [6, 6.07) is 0. The Morgan fingerprint density at radius 2 is 2.28 bits per heavy atom. The summed E-state index contributed by atoms with van der Waals surface area (Å²) in [4.78, 5) is 16.7. The van der Waals surface area contributed by atoms with E-state index in [9.17, 15) is 4.79 Å². The summed E-state index contributed by atoms with van der Waals surface area (Å²) in [7, 11) is 0. The Morgan fingerprint density at radius 1 is 1.56 bits per heavy atom. The predicted octanol–water partition coefficient (Wildman–Crippen LogP) is 2.52. The van der Waals surface area contributed by atoms with Gasteiger partial charge in [-0.2, -0.15) is 0 Å². The Kier molecular flexibility index (Phi) is 3.47. The third kappa shape index (κ3) is 2.72. The van der Waals surface area contributed by atoms with Crippen molar-refractivity contribution in [2.75, 3.05) is 11.9 Å². The van der Waals surface area contributed by atoms with Crippen LogP contribution in [0.4, 0.5) is 5.13 Å². The number of carbonyl (C=O) groups excluding carboxylic acids is 1. The second kappa shape index (κ2) is 4.63. The monoisotopic (exact) mass is 267 g/mol. The lowest BCUT2D eigenvalue weighted by atomic mass is 9.93. The summed E-state index contributed by atoms with van der Waals surface area (Å²) in [6.45, 7) is 9.22. The second-order valence-corrected chi connectivity index (χ2v) is 6.96. The van der Waals surface area contributed by atoms with E-state index in [1.165, 1.54) is 11.3 Å². The molecule has 18 heavy (non-hydrogen) atoms. The zero-order valence-corrected chi connectivity index (χ0v) is 12.3. The molecule has 0 radical (unpaired) electrons. The predicted molar refractivity (Wildman–Crippen MR) is 75.1 cm³/mol. The Morgan fingerprint density at radius 3 is 2.78 bits per heavy atom. The van der Waals surface area contributed by atoms with E-state index in [-0.39, 0.29) is 11.3 Å². The van der Waals surface area contributed by atoms with Gasteiger partial charge in [-0.05, 0) is 26.3 Å². The summed E-state index contributed by atoms with van der Waals surface area (Å²) in [5.74, 6) is 0.0230. The lowest BCUT2D eigenvalue weighted by Crippen LogP contribution is -2.47. The van der Waals surface area contributed by atoms with Crippen molar-refractivity contribution in [3.05, 3.63) is 11.1 Å². The Hall–Kier alpha value is -0.940. The SMILES string of the molecule is CC1(C(=O)Nc2nc(C(C)(C)C)cs2)CCCN1. The van der Waals surface area contributed by atoms with Gasteiger partial charge in [0.05, 0.1) is 11.2 Å². The molecular weight excluding hydrogens is 246 g/mol. The first-order chi connectivity index (χ1) is 8.31. The summed E-state index contributed by atoms with van der Waals surface area (Å²) in [5.41, 5.74) is 0.607. The third-order valence-corrected chi connectivity index (χ3v) is 4.12. The highest BCUT2D eigenvalue weighted by Gasteiger charge is 2.36. The van der Waals surface area contributed by atoms with Crippen molar-refractivity contribution >= 4 is 22.4 Å². The molecule has 1 fully saturated rings. The first-order valence-electron chi connectivity index (χ1n) is 6.34. The molecule has 0 bridgehead atoms. The maximum atomic E-state index is 12.2. The zero-order chi connectivity index (χ0) is 13.4. The topological polar surface area (TPSA) is 54.0 Å². The van der Waals surface area contributed by atoms with Crippen LogP contribution in [0.2, 0.25) is 0 Å². The Balaban J connectivity index is 2.06. The van der Waals surface area contributed by atoms with E-state index in [1.807, 2.05) is 12.3 Å². The molecule has 4 nitrogen and oxygen atoms in total. The van der Waals surface area contributed by atoms with Gasteiger partial charge in [0.15, 0.2) is 5.13 Å². The Labute approximate surface area is 112 Å². The number of carbonyl (C=O) groups is 1. The quantitative estimate of drug-likeness (QED) is 0.865. The Bertz CT molecular complexity index is 441. The number of anilines is 1. The number of thiazole rings is 1. The maximum absolute atomic E-state index is 12.2. The van der Waals surface area contributed by atoms with Crippen LogP contribution in [-0.4, -0.2) is 23.0 Å². The van der Waals surface area contributed by atoms with E-state index < -0.39 is 5.54 Å². The molecule has 1 aromatic rings. The lowest BCUT2D eigenvalue weighted by Gasteiger charge is -2.22. The van der Waals surface area contributed by atoms with Gasteiger partial charge >= 0.3 is 0 Å². The number of nitrogens with zero attached hydrogens (tertiary/aromatic N) is 1. The highest BCUT2D eigenvalue weighted by atomic mass is 32.1. The van der Waals surface area contributed by atoms with Crippen LogP contribution in [0.3, 0.4) is 0 Å². The molecule has 1 aromatic heterocycles. The van der Waals surface area contributed by atoms with Crippen molar-refractivity contribution in [1.82, 2.24) is 10.3 Å². The average molecular weight is 267 g/mol. The summed E-state index contributed by atoms with van der Waals surface area (Å²) < 4.78 is 0. The largest absolute Gasteiger partial charge is 0.304 e. The average Bonchev–Trinajstić information content (AvgIpc) is 2.86. The molecule has 1 aliphatic rings. The number of amides is 1. The van der Waals surface area contributed by atoms with Gasteiger partial charge in [-0.3, -0.25) is 4.79 Å². The molecular formula is C13H21N3OS.